The molecule has 2 aromatic heterocycles. The Morgan fingerprint density at radius 2 is 2.08 bits per heavy atom. The van der Waals surface area contributed by atoms with E-state index in [0.29, 0.717) is 0 Å². The van der Waals surface area contributed by atoms with Gasteiger partial charge in [0.25, 0.3) is 0 Å². The van der Waals surface area contributed by atoms with Crippen molar-refractivity contribution in [3.05, 3.63) is 46.8 Å². The van der Waals surface area contributed by atoms with Crippen LogP contribution in [-0.4, -0.2) is 25.7 Å². The van der Waals surface area contributed by atoms with Crippen molar-refractivity contribution in [2.45, 2.75) is 44.1 Å². The van der Waals surface area contributed by atoms with Crippen LogP contribution < -0.4 is 5.32 Å². The number of hydrogen-bond acceptors (Lipinski definition) is 4. The van der Waals surface area contributed by atoms with E-state index in [1.807, 2.05) is 0 Å². The molecule has 0 bridgehead atoms. The van der Waals surface area contributed by atoms with Crippen molar-refractivity contribution in [1.29, 1.82) is 0 Å². The third-order valence-electron chi connectivity index (χ3n) is 4.97. The number of benzene rings is 1. The minimum atomic E-state index is 0.112. The number of nitrogens with zero attached hydrogens (tertiary/aromatic N) is 3. The van der Waals surface area contributed by atoms with Crippen molar-refractivity contribution in [1.82, 2.24) is 20.2 Å². The maximum atomic E-state index is 4.47. The van der Waals surface area contributed by atoms with E-state index in [2.05, 4.69) is 65.7 Å². The quantitative estimate of drug-likeness (QED) is 0.679. The molecule has 0 unspecified atom stereocenters. The first-order valence-corrected chi connectivity index (χ1v) is 9.20. The van der Waals surface area contributed by atoms with E-state index in [9.17, 15) is 0 Å². The molecule has 3 aromatic rings. The molecule has 0 aliphatic heterocycles. The summed E-state index contributed by atoms with van der Waals surface area (Å²) < 4.78 is 1.14. The van der Waals surface area contributed by atoms with Crippen molar-refractivity contribution >= 4 is 32.8 Å². The largest absolute Gasteiger partial charge is 0.364 e. The van der Waals surface area contributed by atoms with Gasteiger partial charge in [-0.15, -0.1) is 0 Å². The molecule has 0 spiro atoms. The van der Waals surface area contributed by atoms with Crippen LogP contribution in [0.3, 0.4) is 0 Å². The third-order valence-corrected chi connectivity index (χ3v) is 5.47. The zero-order valence-corrected chi connectivity index (χ0v) is 15.0. The van der Waals surface area contributed by atoms with Crippen LogP contribution in [0.2, 0.25) is 0 Å². The van der Waals surface area contributed by atoms with Gasteiger partial charge >= 0.3 is 0 Å². The highest BCUT2D eigenvalue weighted by molar-refractivity contribution is 9.10. The van der Waals surface area contributed by atoms with Gasteiger partial charge in [-0.1, -0.05) is 40.9 Å². The third kappa shape index (κ3) is 3.15. The summed E-state index contributed by atoms with van der Waals surface area (Å²) in [5.74, 6) is 0.893. The first-order chi connectivity index (χ1) is 11.7. The summed E-state index contributed by atoms with van der Waals surface area (Å²) in [7, 11) is 0. The summed E-state index contributed by atoms with van der Waals surface area (Å²) in [6.07, 6.45) is 10.5. The van der Waals surface area contributed by atoms with E-state index >= 15 is 0 Å². The Bertz CT molecular complexity index is 838. The Kier molecular flexibility index (Phi) is 4.22. The van der Waals surface area contributed by atoms with Gasteiger partial charge in [0.15, 0.2) is 5.65 Å². The normalized spacial score (nSPS) is 16.5. The van der Waals surface area contributed by atoms with E-state index in [1.165, 1.54) is 31.2 Å². The molecule has 0 amide bonds. The number of hydrogen-bond donors (Lipinski definition) is 2. The molecule has 24 heavy (non-hydrogen) atoms. The summed E-state index contributed by atoms with van der Waals surface area (Å²) in [5, 5.41) is 11.7. The number of H-pyrrole nitrogens is 1. The molecule has 0 saturated heterocycles. The molecule has 0 atom stereocenters. The molecule has 124 valence electrons. The second kappa shape index (κ2) is 6.51. The molecule has 1 aliphatic carbocycles. The van der Waals surface area contributed by atoms with Gasteiger partial charge in [0.05, 0.1) is 11.6 Å². The lowest BCUT2D eigenvalue weighted by Crippen LogP contribution is -2.36. The predicted octanol–water partition coefficient (Wildman–Crippen LogP) is 4.47. The second-order valence-corrected chi connectivity index (χ2v) is 7.51. The van der Waals surface area contributed by atoms with E-state index in [4.69, 9.17) is 0 Å². The van der Waals surface area contributed by atoms with Crippen LogP contribution in [0, 0.1) is 0 Å². The monoisotopic (exact) mass is 385 g/mol. The summed E-state index contributed by atoms with van der Waals surface area (Å²) in [6.45, 7) is 0. The Morgan fingerprint density at radius 1 is 1.21 bits per heavy atom. The van der Waals surface area contributed by atoms with Crippen LogP contribution in [0.15, 0.2) is 41.3 Å². The Balaban J connectivity index is 1.56. The number of aromatic amines is 1. The number of anilines is 1. The zero-order valence-electron chi connectivity index (χ0n) is 13.4. The summed E-state index contributed by atoms with van der Waals surface area (Å²) in [4.78, 5) is 8.70. The van der Waals surface area contributed by atoms with Gasteiger partial charge < -0.3 is 5.32 Å². The van der Waals surface area contributed by atoms with E-state index in [-0.39, 0.29) is 5.54 Å². The van der Waals surface area contributed by atoms with Crippen molar-refractivity contribution in [3.63, 3.8) is 0 Å². The van der Waals surface area contributed by atoms with Gasteiger partial charge in [-0.05, 0) is 43.4 Å². The van der Waals surface area contributed by atoms with Crippen molar-refractivity contribution < 1.29 is 0 Å². The SMILES string of the molecule is Brc1cccc(CCC2(Nc3ncnc4[nH]ncc34)CCCC2)c1. The number of halogens is 1. The van der Waals surface area contributed by atoms with Gasteiger partial charge in [0, 0.05) is 10.0 Å². The number of fused-ring (bicyclic) bond motifs is 1. The first-order valence-electron chi connectivity index (χ1n) is 8.41. The molecule has 2 heterocycles. The molecular formula is C18H20BrN5. The minimum absolute atomic E-state index is 0.112. The minimum Gasteiger partial charge on any atom is -0.364 e. The molecule has 1 fully saturated rings. The lowest BCUT2D eigenvalue weighted by Gasteiger charge is -2.31. The van der Waals surface area contributed by atoms with Crippen LogP contribution in [-0.2, 0) is 6.42 Å². The Labute approximate surface area is 149 Å². The van der Waals surface area contributed by atoms with Gasteiger partial charge in [0.2, 0.25) is 0 Å². The van der Waals surface area contributed by atoms with Gasteiger partial charge in [-0.2, -0.15) is 5.10 Å². The van der Waals surface area contributed by atoms with Crippen molar-refractivity contribution in [2.24, 2.45) is 0 Å². The number of rotatable bonds is 5. The molecule has 1 aromatic carbocycles. The van der Waals surface area contributed by atoms with Crippen LogP contribution in [0.25, 0.3) is 11.0 Å². The lowest BCUT2D eigenvalue weighted by atomic mass is 9.89. The van der Waals surface area contributed by atoms with Gasteiger partial charge in [0.1, 0.15) is 12.1 Å². The van der Waals surface area contributed by atoms with Crippen LogP contribution in [0.5, 0.6) is 0 Å². The number of nitrogens with one attached hydrogen (secondary N) is 2. The zero-order chi connectivity index (χ0) is 16.4. The fourth-order valence-corrected chi connectivity index (χ4v) is 4.13. The average Bonchev–Trinajstić information content (AvgIpc) is 3.23. The van der Waals surface area contributed by atoms with Gasteiger partial charge in [-0.25, -0.2) is 9.97 Å². The topological polar surface area (TPSA) is 66.5 Å². The van der Waals surface area contributed by atoms with E-state index in [1.54, 1.807) is 12.5 Å². The summed E-state index contributed by atoms with van der Waals surface area (Å²) in [5.41, 5.74) is 2.27. The van der Waals surface area contributed by atoms with Crippen LogP contribution >= 0.6 is 15.9 Å². The molecule has 0 radical (unpaired) electrons. The van der Waals surface area contributed by atoms with Crippen LogP contribution in [0.1, 0.15) is 37.7 Å². The maximum absolute atomic E-state index is 4.47. The molecule has 4 rings (SSSR count). The molecule has 2 N–H and O–H groups in total. The Morgan fingerprint density at radius 3 is 2.92 bits per heavy atom. The van der Waals surface area contributed by atoms with E-state index in [0.717, 1.165) is 34.2 Å². The standard InChI is InChI=1S/C18H20BrN5/c19-14-5-3-4-13(10-14)6-9-18(7-1-2-8-18)23-16-15-11-22-24-17(15)21-12-20-16/h3-5,10-12H,1-2,6-9H2,(H2,20,21,22,23,24). The highest BCUT2D eigenvalue weighted by Gasteiger charge is 2.34. The Hall–Kier alpha value is -1.95. The number of aromatic nitrogens is 4. The molecule has 5 nitrogen and oxygen atoms in total. The highest BCUT2D eigenvalue weighted by atomic mass is 79.9. The summed E-state index contributed by atoms with van der Waals surface area (Å²) in [6, 6.07) is 8.59. The fraction of sp³-hybridized carbons (Fsp3) is 0.389. The molecule has 6 heteroatoms. The van der Waals surface area contributed by atoms with Crippen molar-refractivity contribution in [3.8, 4) is 0 Å². The second-order valence-electron chi connectivity index (χ2n) is 6.60. The lowest BCUT2D eigenvalue weighted by molar-refractivity contribution is 0.443. The number of aryl methyl sites for hydroxylation is 1. The average molecular weight is 386 g/mol. The van der Waals surface area contributed by atoms with Crippen molar-refractivity contribution in [2.75, 3.05) is 5.32 Å². The molecule has 1 saturated carbocycles. The van der Waals surface area contributed by atoms with E-state index < -0.39 is 0 Å². The maximum Gasteiger partial charge on any atom is 0.160 e. The predicted molar refractivity (Wildman–Crippen MR) is 99.0 cm³/mol. The molecular weight excluding hydrogens is 366 g/mol. The van der Waals surface area contributed by atoms with Gasteiger partial charge in [-0.3, -0.25) is 5.10 Å². The summed E-state index contributed by atoms with van der Waals surface area (Å²) >= 11 is 3.56. The smallest absolute Gasteiger partial charge is 0.160 e. The molecule has 1 aliphatic rings. The highest BCUT2D eigenvalue weighted by Crippen LogP contribution is 2.37. The first kappa shape index (κ1) is 15.6. The van der Waals surface area contributed by atoms with Crippen LogP contribution in [0.4, 0.5) is 5.82 Å². The fourth-order valence-electron chi connectivity index (χ4n) is 3.68.